The number of nitrogens with one attached hydrogen (secondary N) is 2. The number of aromatic nitrogens is 3. The number of rotatable bonds is 9. The van der Waals surface area contributed by atoms with E-state index in [4.69, 9.17) is 10.6 Å². The standard InChI is InChI=1S/C13H26N6O/c1-5-8-20-13-17-11(16-12(18-13)19-14)15-9(4)10(6-2)7-3/h9-10H,5-8,14H2,1-4H3,(H2,15,16,17,18,19). The van der Waals surface area contributed by atoms with Crippen molar-refractivity contribution in [2.24, 2.45) is 11.8 Å². The van der Waals surface area contributed by atoms with Crippen LogP contribution < -0.4 is 21.3 Å². The fourth-order valence-corrected chi connectivity index (χ4v) is 2.06. The van der Waals surface area contributed by atoms with E-state index in [1.807, 2.05) is 6.92 Å². The first kappa shape index (κ1) is 16.4. The summed E-state index contributed by atoms with van der Waals surface area (Å²) in [5, 5.41) is 3.30. The van der Waals surface area contributed by atoms with Gasteiger partial charge in [0.15, 0.2) is 0 Å². The molecule has 0 aliphatic heterocycles. The fraction of sp³-hybridized carbons (Fsp3) is 0.769. The molecule has 1 unspecified atom stereocenters. The van der Waals surface area contributed by atoms with Gasteiger partial charge in [-0.25, -0.2) is 5.84 Å². The van der Waals surface area contributed by atoms with E-state index >= 15 is 0 Å². The molecular weight excluding hydrogens is 256 g/mol. The summed E-state index contributed by atoms with van der Waals surface area (Å²) in [6.45, 7) is 9.08. The minimum Gasteiger partial charge on any atom is -0.463 e. The molecule has 0 bridgehead atoms. The van der Waals surface area contributed by atoms with Gasteiger partial charge < -0.3 is 10.1 Å². The molecule has 7 heteroatoms. The molecule has 0 amide bonds. The van der Waals surface area contributed by atoms with Crippen LogP contribution in [-0.4, -0.2) is 27.6 Å². The lowest BCUT2D eigenvalue weighted by atomic mass is 9.96. The molecule has 1 aromatic heterocycles. The van der Waals surface area contributed by atoms with Crippen molar-refractivity contribution in [3.05, 3.63) is 0 Å². The van der Waals surface area contributed by atoms with Gasteiger partial charge in [-0.1, -0.05) is 33.6 Å². The van der Waals surface area contributed by atoms with Crippen LogP contribution in [0.3, 0.4) is 0 Å². The Bertz CT molecular complexity index is 396. The Hall–Kier alpha value is -1.63. The number of hydrogen-bond acceptors (Lipinski definition) is 7. The Morgan fingerprint density at radius 3 is 2.30 bits per heavy atom. The predicted octanol–water partition coefficient (Wildman–Crippen LogP) is 2.18. The summed E-state index contributed by atoms with van der Waals surface area (Å²) in [5.41, 5.74) is 2.43. The highest BCUT2D eigenvalue weighted by atomic mass is 16.5. The second-order valence-corrected chi connectivity index (χ2v) is 4.77. The molecule has 0 aromatic carbocycles. The van der Waals surface area contributed by atoms with E-state index in [9.17, 15) is 0 Å². The molecule has 4 N–H and O–H groups in total. The number of nitrogen functional groups attached to an aromatic ring is 1. The quantitative estimate of drug-likeness (QED) is 0.471. The highest BCUT2D eigenvalue weighted by molar-refractivity contribution is 5.35. The summed E-state index contributed by atoms with van der Waals surface area (Å²) < 4.78 is 5.44. The highest BCUT2D eigenvalue weighted by Crippen LogP contribution is 2.18. The first-order valence-corrected chi connectivity index (χ1v) is 7.26. The molecule has 1 aromatic rings. The van der Waals surface area contributed by atoms with Crippen LogP contribution in [0.4, 0.5) is 11.9 Å². The molecule has 1 rings (SSSR count). The topological polar surface area (TPSA) is 98.0 Å². The predicted molar refractivity (Wildman–Crippen MR) is 80.6 cm³/mol. The molecule has 0 aliphatic rings. The van der Waals surface area contributed by atoms with Crippen molar-refractivity contribution in [2.45, 2.75) is 53.0 Å². The lowest BCUT2D eigenvalue weighted by Gasteiger charge is -2.22. The van der Waals surface area contributed by atoms with Crippen molar-refractivity contribution in [3.63, 3.8) is 0 Å². The Kier molecular flexibility index (Phi) is 7.00. The van der Waals surface area contributed by atoms with E-state index < -0.39 is 0 Å². The zero-order valence-corrected chi connectivity index (χ0v) is 12.8. The van der Waals surface area contributed by atoms with Gasteiger partial charge in [-0.15, -0.1) is 0 Å². The van der Waals surface area contributed by atoms with Gasteiger partial charge in [-0.3, -0.25) is 5.43 Å². The number of ether oxygens (including phenoxy) is 1. The fourth-order valence-electron chi connectivity index (χ4n) is 2.06. The van der Waals surface area contributed by atoms with Crippen LogP contribution in [0.15, 0.2) is 0 Å². The lowest BCUT2D eigenvalue weighted by Crippen LogP contribution is -2.26. The monoisotopic (exact) mass is 282 g/mol. The number of anilines is 2. The lowest BCUT2D eigenvalue weighted by molar-refractivity contribution is 0.292. The van der Waals surface area contributed by atoms with Crippen LogP contribution in [0, 0.1) is 5.92 Å². The summed E-state index contributed by atoms with van der Waals surface area (Å²) in [6.07, 6.45) is 3.11. The summed E-state index contributed by atoms with van der Waals surface area (Å²) in [7, 11) is 0. The summed E-state index contributed by atoms with van der Waals surface area (Å²) in [6, 6.07) is 0.561. The van der Waals surface area contributed by atoms with Gasteiger partial charge in [-0.2, -0.15) is 15.0 Å². The third kappa shape index (κ3) is 4.80. The van der Waals surface area contributed by atoms with Crippen molar-refractivity contribution in [1.82, 2.24) is 15.0 Å². The average molecular weight is 282 g/mol. The Balaban J connectivity index is 2.82. The maximum Gasteiger partial charge on any atom is 0.323 e. The molecule has 1 atom stereocenters. The number of nitrogens with zero attached hydrogens (tertiary/aromatic N) is 3. The molecule has 0 fully saturated rings. The minimum atomic E-state index is 0.275. The van der Waals surface area contributed by atoms with E-state index in [-0.39, 0.29) is 12.1 Å². The molecule has 0 radical (unpaired) electrons. The maximum absolute atomic E-state index is 5.44. The van der Waals surface area contributed by atoms with Crippen LogP contribution >= 0.6 is 0 Å². The van der Waals surface area contributed by atoms with Crippen LogP contribution in [-0.2, 0) is 0 Å². The van der Waals surface area contributed by atoms with Gasteiger partial charge in [0.2, 0.25) is 11.9 Å². The maximum atomic E-state index is 5.44. The van der Waals surface area contributed by atoms with Crippen LogP contribution in [0.5, 0.6) is 6.01 Å². The molecule has 0 aliphatic carbocycles. The highest BCUT2D eigenvalue weighted by Gasteiger charge is 2.15. The molecular formula is C13H26N6O. The molecule has 0 saturated carbocycles. The van der Waals surface area contributed by atoms with Crippen LogP contribution in [0.25, 0.3) is 0 Å². The summed E-state index contributed by atoms with van der Waals surface area (Å²) in [4.78, 5) is 12.5. The van der Waals surface area contributed by atoms with E-state index in [0.29, 0.717) is 24.4 Å². The van der Waals surface area contributed by atoms with Crippen molar-refractivity contribution in [3.8, 4) is 6.01 Å². The largest absolute Gasteiger partial charge is 0.463 e. The molecule has 0 saturated heterocycles. The van der Waals surface area contributed by atoms with E-state index in [1.54, 1.807) is 0 Å². The second-order valence-electron chi connectivity index (χ2n) is 4.77. The Morgan fingerprint density at radius 1 is 1.10 bits per heavy atom. The van der Waals surface area contributed by atoms with Gasteiger partial charge in [0, 0.05) is 6.04 Å². The zero-order valence-electron chi connectivity index (χ0n) is 12.8. The average Bonchev–Trinajstić information content (AvgIpc) is 2.46. The minimum absolute atomic E-state index is 0.275. The van der Waals surface area contributed by atoms with Gasteiger partial charge in [-0.05, 0) is 19.3 Å². The number of hydrazine groups is 1. The molecule has 114 valence electrons. The van der Waals surface area contributed by atoms with Gasteiger partial charge in [0.25, 0.3) is 0 Å². The first-order chi connectivity index (χ1) is 9.64. The molecule has 7 nitrogen and oxygen atoms in total. The van der Waals surface area contributed by atoms with Crippen molar-refractivity contribution in [1.29, 1.82) is 0 Å². The summed E-state index contributed by atoms with van der Waals surface area (Å²) in [5.74, 6) is 6.72. The van der Waals surface area contributed by atoms with Gasteiger partial charge in [0.05, 0.1) is 6.61 Å². The van der Waals surface area contributed by atoms with Crippen molar-refractivity contribution < 1.29 is 4.74 Å². The zero-order chi connectivity index (χ0) is 15.0. The van der Waals surface area contributed by atoms with Crippen LogP contribution in [0.2, 0.25) is 0 Å². The SMILES string of the molecule is CCCOc1nc(NN)nc(NC(C)C(CC)CC)n1. The van der Waals surface area contributed by atoms with Crippen molar-refractivity contribution in [2.75, 3.05) is 17.3 Å². The molecule has 0 spiro atoms. The van der Waals surface area contributed by atoms with Crippen molar-refractivity contribution >= 4 is 11.9 Å². The Morgan fingerprint density at radius 2 is 1.75 bits per heavy atom. The first-order valence-electron chi connectivity index (χ1n) is 7.26. The Labute approximate surface area is 120 Å². The normalized spacial score (nSPS) is 12.3. The molecule has 20 heavy (non-hydrogen) atoms. The smallest absolute Gasteiger partial charge is 0.323 e. The van der Waals surface area contributed by atoms with E-state index in [0.717, 1.165) is 19.3 Å². The van der Waals surface area contributed by atoms with E-state index in [1.165, 1.54) is 0 Å². The van der Waals surface area contributed by atoms with Gasteiger partial charge in [0.1, 0.15) is 0 Å². The third-order valence-electron chi connectivity index (χ3n) is 3.29. The van der Waals surface area contributed by atoms with E-state index in [2.05, 4.69) is 46.5 Å². The van der Waals surface area contributed by atoms with Gasteiger partial charge >= 0.3 is 6.01 Å². The van der Waals surface area contributed by atoms with Crippen LogP contribution in [0.1, 0.15) is 47.0 Å². The summed E-state index contributed by atoms with van der Waals surface area (Å²) >= 11 is 0. The third-order valence-corrected chi connectivity index (χ3v) is 3.29. The number of hydrogen-bond donors (Lipinski definition) is 3. The molecule has 1 heterocycles. The number of nitrogens with two attached hydrogens (primary N) is 1. The second kappa shape index (κ2) is 8.52.